The Bertz CT molecular complexity index is 728. The van der Waals surface area contributed by atoms with Gasteiger partial charge < -0.3 is 10.5 Å². The lowest BCUT2D eigenvalue weighted by Crippen LogP contribution is -2.12. The Labute approximate surface area is 126 Å². The molecule has 1 amide bonds. The highest BCUT2D eigenvalue weighted by molar-refractivity contribution is 5.98. The van der Waals surface area contributed by atoms with Gasteiger partial charge in [0.15, 0.2) is 0 Å². The number of hydrogen-bond acceptors (Lipinski definition) is 5. The number of nitrogens with one attached hydrogen (secondary N) is 1. The molecule has 2 aromatic carbocycles. The molecule has 22 heavy (non-hydrogen) atoms. The third-order valence-electron chi connectivity index (χ3n) is 2.83. The topological polar surface area (TPSA) is 106 Å². The minimum Gasteiger partial charge on any atom is -0.465 e. The average Bonchev–Trinajstić information content (AvgIpc) is 2.55. The molecule has 0 fully saturated rings. The summed E-state index contributed by atoms with van der Waals surface area (Å²) in [6.45, 7) is 0. The van der Waals surface area contributed by atoms with Crippen molar-refractivity contribution in [2.45, 2.75) is 0 Å². The number of rotatable bonds is 5. The molecule has 0 aliphatic carbocycles. The highest BCUT2D eigenvalue weighted by Gasteiger charge is 2.10. The predicted molar refractivity (Wildman–Crippen MR) is 80.9 cm³/mol. The van der Waals surface area contributed by atoms with E-state index in [0.717, 1.165) is 0 Å². The van der Waals surface area contributed by atoms with Crippen LogP contribution in [0.15, 0.2) is 58.9 Å². The van der Waals surface area contributed by atoms with Crippen LogP contribution >= 0.6 is 0 Å². The predicted octanol–water partition coefficient (Wildman–Crippen LogP) is 2.68. The summed E-state index contributed by atoms with van der Waals surface area (Å²) in [4.78, 5) is 22.9. The highest BCUT2D eigenvalue weighted by atomic mass is 16.5. The molecule has 0 bridgehead atoms. The number of para-hydroxylation sites is 1. The van der Waals surface area contributed by atoms with Crippen LogP contribution in [0, 0.1) is 0 Å². The number of esters is 1. The molecule has 0 aliphatic heterocycles. The fraction of sp³-hybridized carbons (Fsp3) is 0.0667. The van der Waals surface area contributed by atoms with Crippen LogP contribution in [0.3, 0.4) is 0 Å². The van der Waals surface area contributed by atoms with Gasteiger partial charge in [0.25, 0.3) is 5.91 Å². The van der Waals surface area contributed by atoms with Crippen LogP contribution in [0.25, 0.3) is 0 Å². The first-order chi connectivity index (χ1) is 10.6. The maximum Gasteiger partial charge on any atom is 0.340 e. The van der Waals surface area contributed by atoms with Gasteiger partial charge in [-0.1, -0.05) is 29.5 Å². The number of amides is 1. The number of carbonyl (C=O) groups excluding carboxylic acids is 2. The molecule has 3 N–H and O–H groups in total. The fourth-order valence-electron chi connectivity index (χ4n) is 1.77. The SMILES string of the molecule is COC(=O)c1ccccc1N=NNc1ccccc1C(N)=O. The second-order valence-electron chi connectivity index (χ2n) is 4.23. The lowest BCUT2D eigenvalue weighted by atomic mass is 10.2. The molecule has 0 saturated heterocycles. The number of nitrogens with two attached hydrogens (primary N) is 1. The number of nitrogens with zero attached hydrogens (tertiary/aromatic N) is 2. The number of ether oxygens (including phenoxy) is 1. The first-order valence-electron chi connectivity index (χ1n) is 6.36. The normalized spacial score (nSPS) is 10.4. The Morgan fingerprint density at radius 3 is 2.36 bits per heavy atom. The summed E-state index contributed by atoms with van der Waals surface area (Å²) in [6, 6.07) is 13.3. The third kappa shape index (κ3) is 3.45. The van der Waals surface area contributed by atoms with E-state index in [4.69, 9.17) is 5.73 Å². The largest absolute Gasteiger partial charge is 0.465 e. The summed E-state index contributed by atoms with van der Waals surface area (Å²) in [5, 5.41) is 7.72. The summed E-state index contributed by atoms with van der Waals surface area (Å²) in [7, 11) is 1.29. The van der Waals surface area contributed by atoms with Crippen molar-refractivity contribution in [3.63, 3.8) is 0 Å². The number of carbonyl (C=O) groups is 2. The molecule has 0 unspecified atom stereocenters. The molecule has 0 radical (unpaired) electrons. The van der Waals surface area contributed by atoms with Gasteiger partial charge >= 0.3 is 5.97 Å². The molecule has 0 atom stereocenters. The maximum atomic E-state index is 11.6. The Morgan fingerprint density at radius 2 is 1.68 bits per heavy atom. The van der Waals surface area contributed by atoms with E-state index >= 15 is 0 Å². The van der Waals surface area contributed by atoms with E-state index in [9.17, 15) is 9.59 Å². The van der Waals surface area contributed by atoms with Crippen molar-refractivity contribution in [3.8, 4) is 0 Å². The van der Waals surface area contributed by atoms with Crippen molar-refractivity contribution in [1.29, 1.82) is 0 Å². The molecule has 112 valence electrons. The van der Waals surface area contributed by atoms with Crippen molar-refractivity contribution in [2.24, 2.45) is 16.1 Å². The quantitative estimate of drug-likeness (QED) is 0.502. The van der Waals surface area contributed by atoms with Crippen molar-refractivity contribution in [1.82, 2.24) is 0 Å². The summed E-state index contributed by atoms with van der Waals surface area (Å²) in [5.41, 5.74) is 9.26. The van der Waals surface area contributed by atoms with Gasteiger partial charge in [-0.3, -0.25) is 10.2 Å². The summed E-state index contributed by atoms with van der Waals surface area (Å²) in [5.74, 6) is -1.08. The molecular weight excluding hydrogens is 284 g/mol. The van der Waals surface area contributed by atoms with Crippen LogP contribution in [0.1, 0.15) is 20.7 Å². The van der Waals surface area contributed by atoms with E-state index in [2.05, 4.69) is 20.5 Å². The number of methoxy groups -OCH3 is 1. The lowest BCUT2D eigenvalue weighted by Gasteiger charge is -2.05. The summed E-state index contributed by atoms with van der Waals surface area (Å²) in [6.07, 6.45) is 0. The van der Waals surface area contributed by atoms with E-state index in [-0.39, 0.29) is 0 Å². The lowest BCUT2D eigenvalue weighted by molar-refractivity contribution is 0.0601. The first kappa shape index (κ1) is 15.2. The van der Waals surface area contributed by atoms with E-state index in [1.807, 2.05) is 0 Å². The molecule has 0 aromatic heterocycles. The van der Waals surface area contributed by atoms with Gasteiger partial charge in [-0.15, -0.1) is 5.11 Å². The zero-order valence-corrected chi connectivity index (χ0v) is 11.8. The third-order valence-corrected chi connectivity index (χ3v) is 2.83. The van der Waals surface area contributed by atoms with Crippen LogP contribution < -0.4 is 11.2 Å². The van der Waals surface area contributed by atoms with Crippen LogP contribution in [-0.4, -0.2) is 19.0 Å². The van der Waals surface area contributed by atoms with E-state index in [1.165, 1.54) is 7.11 Å². The van der Waals surface area contributed by atoms with Crippen molar-refractivity contribution >= 4 is 23.3 Å². The van der Waals surface area contributed by atoms with Crippen molar-refractivity contribution < 1.29 is 14.3 Å². The number of primary amides is 1. The van der Waals surface area contributed by atoms with Gasteiger partial charge in [0.1, 0.15) is 5.69 Å². The molecule has 7 nitrogen and oxygen atoms in total. The van der Waals surface area contributed by atoms with Crippen LogP contribution in [-0.2, 0) is 4.74 Å². The molecule has 0 aliphatic rings. The highest BCUT2D eigenvalue weighted by Crippen LogP contribution is 2.21. The van der Waals surface area contributed by atoms with Crippen LogP contribution in [0.2, 0.25) is 0 Å². The van der Waals surface area contributed by atoms with Crippen molar-refractivity contribution in [3.05, 3.63) is 59.7 Å². The second kappa shape index (κ2) is 6.98. The van der Waals surface area contributed by atoms with Crippen LogP contribution in [0.5, 0.6) is 0 Å². The molecule has 0 heterocycles. The van der Waals surface area contributed by atoms with Crippen LogP contribution in [0.4, 0.5) is 11.4 Å². The number of benzene rings is 2. The molecular formula is C15H14N4O3. The van der Waals surface area contributed by atoms with E-state index < -0.39 is 11.9 Å². The average molecular weight is 298 g/mol. The Balaban J connectivity index is 2.21. The Hall–Kier alpha value is -3.22. The Kier molecular flexibility index (Phi) is 4.81. The maximum absolute atomic E-state index is 11.6. The smallest absolute Gasteiger partial charge is 0.340 e. The second-order valence-corrected chi connectivity index (χ2v) is 4.23. The Morgan fingerprint density at radius 1 is 1.05 bits per heavy atom. The minimum atomic E-state index is -0.576. The van der Waals surface area contributed by atoms with Crippen molar-refractivity contribution in [2.75, 3.05) is 12.5 Å². The summed E-state index contributed by atoms with van der Waals surface area (Å²) >= 11 is 0. The van der Waals surface area contributed by atoms with Gasteiger partial charge in [0.2, 0.25) is 0 Å². The molecule has 2 rings (SSSR count). The molecule has 7 heteroatoms. The number of anilines is 1. The van der Waals surface area contributed by atoms with Gasteiger partial charge in [-0.25, -0.2) is 4.79 Å². The molecule has 2 aromatic rings. The zero-order chi connectivity index (χ0) is 15.9. The fourth-order valence-corrected chi connectivity index (χ4v) is 1.77. The molecule has 0 saturated carbocycles. The van der Waals surface area contributed by atoms with Gasteiger partial charge in [-0.2, -0.15) is 0 Å². The standard InChI is InChI=1S/C15H14N4O3/c1-22-15(21)11-7-3-5-9-13(11)18-19-17-12-8-4-2-6-10(12)14(16)20/h2-9H,1H3,(H2,16,20)(H,17,18). The minimum absolute atomic E-state index is 0.290. The van der Waals surface area contributed by atoms with Gasteiger partial charge in [-0.05, 0) is 24.3 Å². The van der Waals surface area contributed by atoms with E-state index in [1.54, 1.807) is 48.5 Å². The number of hydrogen-bond donors (Lipinski definition) is 2. The van der Waals surface area contributed by atoms with Gasteiger partial charge in [0, 0.05) is 0 Å². The first-order valence-corrected chi connectivity index (χ1v) is 6.36. The zero-order valence-electron chi connectivity index (χ0n) is 11.8. The van der Waals surface area contributed by atoms with E-state index in [0.29, 0.717) is 22.5 Å². The summed E-state index contributed by atoms with van der Waals surface area (Å²) < 4.78 is 4.67. The monoisotopic (exact) mass is 298 g/mol. The molecule has 0 spiro atoms. The van der Waals surface area contributed by atoms with Gasteiger partial charge in [0.05, 0.1) is 23.9 Å².